The highest BCUT2D eigenvalue weighted by Gasteiger charge is 2.19. The maximum absolute atomic E-state index is 13.4. The molecule has 4 N–H and O–H groups in total. The Balaban J connectivity index is 2.76. The molecule has 10 heteroatoms. The lowest BCUT2D eigenvalue weighted by molar-refractivity contribution is -0.385. The molecule has 0 bridgehead atoms. The van der Waals surface area contributed by atoms with Gasteiger partial charge >= 0.3 is 12.0 Å². The Bertz CT molecular complexity index is 550. The Hall–Kier alpha value is -2.75. The van der Waals surface area contributed by atoms with Gasteiger partial charge < -0.3 is 20.8 Å². The first-order valence-electron chi connectivity index (χ1n) is 5.20. The van der Waals surface area contributed by atoms with Gasteiger partial charge in [0.15, 0.2) is 11.9 Å². The summed E-state index contributed by atoms with van der Waals surface area (Å²) in [7, 11) is 0. The monoisotopic (exact) mass is 287 g/mol. The van der Waals surface area contributed by atoms with Crippen molar-refractivity contribution in [3.05, 3.63) is 34.1 Å². The number of non-ortho nitro benzene ring substituents is 1. The molecule has 1 aromatic carbocycles. The van der Waals surface area contributed by atoms with Crippen molar-refractivity contribution in [2.45, 2.75) is 6.04 Å². The van der Waals surface area contributed by atoms with Crippen LogP contribution in [-0.2, 0) is 4.79 Å². The van der Waals surface area contributed by atoms with Crippen LogP contribution < -0.4 is 10.6 Å². The molecule has 0 aliphatic heterocycles. The van der Waals surface area contributed by atoms with Crippen molar-refractivity contribution in [2.24, 2.45) is 0 Å². The summed E-state index contributed by atoms with van der Waals surface area (Å²) in [6.07, 6.45) is 0. The second-order valence-corrected chi connectivity index (χ2v) is 3.59. The van der Waals surface area contributed by atoms with Gasteiger partial charge in [-0.3, -0.25) is 10.1 Å². The second kappa shape index (κ2) is 6.43. The number of urea groups is 1. The van der Waals surface area contributed by atoms with E-state index >= 15 is 0 Å². The molecule has 0 spiro atoms. The number of carbonyl (C=O) groups excluding carboxylic acids is 1. The lowest BCUT2D eigenvalue weighted by Crippen LogP contribution is -2.45. The SMILES string of the molecule is O=C(Nc1ccc([N+](=O)[O-])cc1F)N[C@@H](CO)C(=O)O. The van der Waals surface area contributed by atoms with Crippen LogP contribution in [0.5, 0.6) is 0 Å². The van der Waals surface area contributed by atoms with E-state index in [1.807, 2.05) is 10.6 Å². The number of carbonyl (C=O) groups is 2. The molecule has 108 valence electrons. The third-order valence-electron chi connectivity index (χ3n) is 2.20. The Morgan fingerprint density at radius 2 is 2.10 bits per heavy atom. The number of benzene rings is 1. The predicted octanol–water partition coefficient (Wildman–Crippen LogP) is 0.301. The third-order valence-corrected chi connectivity index (χ3v) is 2.20. The summed E-state index contributed by atoms with van der Waals surface area (Å²) in [4.78, 5) is 31.5. The molecule has 0 aromatic heterocycles. The Kier molecular flexibility index (Phi) is 4.92. The van der Waals surface area contributed by atoms with E-state index in [0.717, 1.165) is 12.1 Å². The van der Waals surface area contributed by atoms with Gasteiger partial charge in [0.05, 0.1) is 23.3 Å². The fraction of sp³-hybridized carbons (Fsp3) is 0.200. The van der Waals surface area contributed by atoms with Gasteiger partial charge in [-0.1, -0.05) is 0 Å². The average molecular weight is 287 g/mol. The summed E-state index contributed by atoms with van der Waals surface area (Å²) >= 11 is 0. The molecule has 1 aromatic rings. The minimum Gasteiger partial charge on any atom is -0.480 e. The van der Waals surface area contributed by atoms with E-state index in [-0.39, 0.29) is 5.69 Å². The molecule has 2 amide bonds. The van der Waals surface area contributed by atoms with Crippen molar-refractivity contribution in [3.63, 3.8) is 0 Å². The van der Waals surface area contributed by atoms with Crippen LogP contribution in [0.15, 0.2) is 18.2 Å². The fourth-order valence-electron chi connectivity index (χ4n) is 1.22. The van der Waals surface area contributed by atoms with Gasteiger partial charge in [-0.05, 0) is 6.07 Å². The molecule has 0 aliphatic carbocycles. The molecule has 0 saturated heterocycles. The quantitative estimate of drug-likeness (QED) is 0.453. The number of hydrogen-bond acceptors (Lipinski definition) is 5. The molecular formula is C10H10FN3O6. The van der Waals surface area contributed by atoms with Crippen LogP contribution in [0.25, 0.3) is 0 Å². The lowest BCUT2D eigenvalue weighted by Gasteiger charge is -2.12. The first-order valence-corrected chi connectivity index (χ1v) is 5.20. The van der Waals surface area contributed by atoms with Gasteiger partial charge in [0.25, 0.3) is 5.69 Å². The number of amides is 2. The zero-order valence-electron chi connectivity index (χ0n) is 9.87. The first-order chi connectivity index (χ1) is 9.35. The number of carboxylic acids is 1. The van der Waals surface area contributed by atoms with Crippen LogP contribution in [0.3, 0.4) is 0 Å². The molecule has 0 fully saturated rings. The highest BCUT2D eigenvalue weighted by atomic mass is 19.1. The molecule has 0 aliphatic rings. The van der Waals surface area contributed by atoms with Gasteiger partial charge in [-0.2, -0.15) is 0 Å². The highest BCUT2D eigenvalue weighted by molar-refractivity contribution is 5.92. The van der Waals surface area contributed by atoms with Crippen molar-refractivity contribution in [1.82, 2.24) is 5.32 Å². The molecule has 1 rings (SSSR count). The Morgan fingerprint density at radius 1 is 1.45 bits per heavy atom. The number of nitro benzene ring substituents is 1. The second-order valence-electron chi connectivity index (χ2n) is 3.59. The number of anilines is 1. The number of nitro groups is 1. The summed E-state index contributed by atoms with van der Waals surface area (Å²) in [6, 6.07) is -0.0762. The van der Waals surface area contributed by atoms with Crippen molar-refractivity contribution >= 4 is 23.4 Å². The van der Waals surface area contributed by atoms with Crippen LogP contribution in [-0.4, -0.2) is 39.8 Å². The zero-order chi connectivity index (χ0) is 15.3. The number of nitrogens with one attached hydrogen (secondary N) is 2. The van der Waals surface area contributed by atoms with Crippen LogP contribution in [0.1, 0.15) is 0 Å². The van der Waals surface area contributed by atoms with E-state index < -0.39 is 41.1 Å². The maximum Gasteiger partial charge on any atom is 0.328 e. The number of halogens is 1. The van der Waals surface area contributed by atoms with E-state index in [2.05, 4.69) is 0 Å². The zero-order valence-corrected chi connectivity index (χ0v) is 9.87. The number of aliphatic hydroxyl groups excluding tert-OH is 1. The Morgan fingerprint density at radius 3 is 2.55 bits per heavy atom. The van der Waals surface area contributed by atoms with Gasteiger partial charge in [0.1, 0.15) is 0 Å². The molecule has 1 atom stereocenters. The number of carboxylic acid groups (broad SMARTS) is 1. The summed E-state index contributed by atoms with van der Waals surface area (Å²) in [6.45, 7) is -0.842. The number of rotatable bonds is 5. The molecule has 9 nitrogen and oxygen atoms in total. The third kappa shape index (κ3) is 3.88. The van der Waals surface area contributed by atoms with Gasteiger partial charge in [0, 0.05) is 6.07 Å². The topological polar surface area (TPSA) is 142 Å². The summed E-state index contributed by atoms with van der Waals surface area (Å²) < 4.78 is 13.4. The van der Waals surface area contributed by atoms with Crippen LogP contribution in [0.4, 0.5) is 20.6 Å². The molecule has 0 unspecified atom stereocenters. The standard InChI is InChI=1S/C10H10FN3O6/c11-6-3-5(14(19)20)1-2-7(6)12-10(18)13-8(4-15)9(16)17/h1-3,8,15H,4H2,(H,16,17)(H2,12,13,18)/t8-/m0/s1. The summed E-state index contributed by atoms with van der Waals surface area (Å²) in [5.74, 6) is -2.52. The number of nitrogens with zero attached hydrogens (tertiary/aromatic N) is 1. The largest absolute Gasteiger partial charge is 0.480 e. The minimum absolute atomic E-state index is 0.366. The molecule has 20 heavy (non-hydrogen) atoms. The van der Waals surface area contributed by atoms with Crippen molar-refractivity contribution in [1.29, 1.82) is 0 Å². The molecule has 0 saturated carbocycles. The van der Waals surface area contributed by atoms with Crippen molar-refractivity contribution in [3.8, 4) is 0 Å². The van der Waals surface area contributed by atoms with E-state index in [0.29, 0.717) is 6.07 Å². The first kappa shape index (κ1) is 15.3. The Labute approximate surface area is 111 Å². The smallest absolute Gasteiger partial charge is 0.328 e. The van der Waals surface area contributed by atoms with Gasteiger partial charge in [-0.15, -0.1) is 0 Å². The molecule has 0 heterocycles. The maximum atomic E-state index is 13.4. The van der Waals surface area contributed by atoms with Gasteiger partial charge in [-0.25, -0.2) is 14.0 Å². The van der Waals surface area contributed by atoms with Crippen LogP contribution in [0.2, 0.25) is 0 Å². The number of aliphatic hydroxyl groups is 1. The van der Waals surface area contributed by atoms with E-state index in [4.69, 9.17) is 10.2 Å². The van der Waals surface area contributed by atoms with E-state index in [1.54, 1.807) is 0 Å². The van der Waals surface area contributed by atoms with Crippen molar-refractivity contribution in [2.75, 3.05) is 11.9 Å². The minimum atomic E-state index is -1.55. The predicted molar refractivity (Wildman–Crippen MR) is 63.7 cm³/mol. The summed E-state index contributed by atoms with van der Waals surface area (Å²) in [5.41, 5.74) is -0.859. The average Bonchev–Trinajstić information content (AvgIpc) is 2.37. The normalized spacial score (nSPS) is 11.5. The fourth-order valence-corrected chi connectivity index (χ4v) is 1.22. The van der Waals surface area contributed by atoms with Gasteiger partial charge in [0.2, 0.25) is 0 Å². The molecule has 0 radical (unpaired) electrons. The lowest BCUT2D eigenvalue weighted by atomic mass is 10.2. The van der Waals surface area contributed by atoms with E-state index in [1.165, 1.54) is 0 Å². The molecular weight excluding hydrogens is 277 g/mol. The van der Waals surface area contributed by atoms with Crippen LogP contribution >= 0.6 is 0 Å². The number of aliphatic carboxylic acids is 1. The van der Waals surface area contributed by atoms with E-state index in [9.17, 15) is 24.1 Å². The number of hydrogen-bond donors (Lipinski definition) is 4. The van der Waals surface area contributed by atoms with Crippen molar-refractivity contribution < 1.29 is 29.1 Å². The van der Waals surface area contributed by atoms with Crippen LogP contribution in [0, 0.1) is 15.9 Å². The highest BCUT2D eigenvalue weighted by Crippen LogP contribution is 2.20. The summed E-state index contributed by atoms with van der Waals surface area (Å²) in [5, 5.41) is 31.5.